The summed E-state index contributed by atoms with van der Waals surface area (Å²) in [5.41, 5.74) is 3.07. The van der Waals surface area contributed by atoms with Gasteiger partial charge in [-0.1, -0.05) is 11.6 Å². The van der Waals surface area contributed by atoms with E-state index in [1.165, 1.54) is 0 Å². The Labute approximate surface area is 117 Å². The van der Waals surface area contributed by atoms with Crippen molar-refractivity contribution in [1.82, 2.24) is 9.55 Å². The lowest BCUT2D eigenvalue weighted by Crippen LogP contribution is -2.07. The molecule has 0 aliphatic heterocycles. The SMILES string of the molecule is COCCn1c(C)c(C=O)c(Cl)c1-c1cccnc1. The van der Waals surface area contributed by atoms with Crippen LogP contribution in [0.1, 0.15) is 16.1 Å². The highest BCUT2D eigenvalue weighted by Crippen LogP contribution is 2.34. The molecule has 2 aromatic rings. The minimum Gasteiger partial charge on any atom is -0.383 e. The number of hydrogen-bond donors (Lipinski definition) is 0. The molecule has 2 rings (SSSR count). The Bertz CT molecular complexity index is 579. The molecule has 4 nitrogen and oxygen atoms in total. The average Bonchev–Trinajstić information content (AvgIpc) is 2.68. The molecule has 0 spiro atoms. The maximum Gasteiger partial charge on any atom is 0.153 e. The van der Waals surface area contributed by atoms with Gasteiger partial charge in [0.05, 0.1) is 22.9 Å². The molecule has 0 saturated carbocycles. The summed E-state index contributed by atoms with van der Waals surface area (Å²) >= 11 is 6.33. The van der Waals surface area contributed by atoms with Crippen LogP contribution in [0, 0.1) is 6.92 Å². The maximum absolute atomic E-state index is 11.2. The highest BCUT2D eigenvalue weighted by Gasteiger charge is 2.19. The van der Waals surface area contributed by atoms with Crippen LogP contribution in [0.5, 0.6) is 0 Å². The zero-order chi connectivity index (χ0) is 13.8. The number of aldehydes is 1. The van der Waals surface area contributed by atoms with Crippen LogP contribution in [-0.2, 0) is 11.3 Å². The predicted molar refractivity (Wildman–Crippen MR) is 74.7 cm³/mol. The van der Waals surface area contributed by atoms with Crippen molar-refractivity contribution < 1.29 is 9.53 Å². The summed E-state index contributed by atoms with van der Waals surface area (Å²) in [5, 5.41) is 0.469. The second-order valence-corrected chi connectivity index (χ2v) is 4.54. The molecule has 0 atom stereocenters. The van der Waals surface area contributed by atoms with Crippen LogP contribution in [0.4, 0.5) is 0 Å². The Hall–Kier alpha value is -1.65. The van der Waals surface area contributed by atoms with E-state index in [9.17, 15) is 4.79 Å². The van der Waals surface area contributed by atoms with Gasteiger partial charge >= 0.3 is 0 Å². The number of hydrogen-bond acceptors (Lipinski definition) is 3. The molecule has 2 heterocycles. The fourth-order valence-corrected chi connectivity index (χ4v) is 2.49. The number of ether oxygens (including phenoxy) is 1. The van der Waals surface area contributed by atoms with E-state index in [0.717, 1.165) is 23.2 Å². The van der Waals surface area contributed by atoms with Crippen LogP contribution in [0.2, 0.25) is 5.02 Å². The number of pyridine rings is 1. The third-order valence-corrected chi connectivity index (χ3v) is 3.46. The van der Waals surface area contributed by atoms with E-state index in [-0.39, 0.29) is 0 Å². The molecule has 0 saturated heterocycles. The van der Waals surface area contributed by atoms with Crippen LogP contribution < -0.4 is 0 Å². The van der Waals surface area contributed by atoms with Crippen molar-refractivity contribution in [3.8, 4) is 11.3 Å². The lowest BCUT2D eigenvalue weighted by Gasteiger charge is -2.11. The molecular formula is C14H15ClN2O2. The fraction of sp³-hybridized carbons (Fsp3) is 0.286. The topological polar surface area (TPSA) is 44.1 Å². The van der Waals surface area contributed by atoms with Crippen LogP contribution in [0.3, 0.4) is 0 Å². The molecule has 0 radical (unpaired) electrons. The van der Waals surface area contributed by atoms with Crippen molar-refractivity contribution in [2.75, 3.05) is 13.7 Å². The minimum atomic E-state index is 0.469. The third-order valence-electron chi connectivity index (χ3n) is 3.08. The predicted octanol–water partition coefficient (Wildman–Crippen LogP) is 2.97. The average molecular weight is 279 g/mol. The van der Waals surface area contributed by atoms with E-state index >= 15 is 0 Å². The Morgan fingerprint density at radius 1 is 1.53 bits per heavy atom. The first kappa shape index (κ1) is 13.8. The van der Waals surface area contributed by atoms with Gasteiger partial charge in [0.15, 0.2) is 6.29 Å². The molecule has 2 aromatic heterocycles. The normalized spacial score (nSPS) is 10.7. The van der Waals surface area contributed by atoms with Gasteiger partial charge in [-0.15, -0.1) is 0 Å². The van der Waals surface area contributed by atoms with E-state index in [2.05, 4.69) is 4.98 Å². The van der Waals surface area contributed by atoms with Crippen molar-refractivity contribution in [3.05, 3.63) is 40.8 Å². The Kier molecular flexibility index (Phi) is 4.35. The number of carbonyl (C=O) groups is 1. The summed E-state index contributed by atoms with van der Waals surface area (Å²) < 4.78 is 7.10. The smallest absolute Gasteiger partial charge is 0.153 e. The van der Waals surface area contributed by atoms with Crippen molar-refractivity contribution in [2.24, 2.45) is 0 Å². The van der Waals surface area contributed by atoms with E-state index in [1.54, 1.807) is 19.5 Å². The first-order valence-corrected chi connectivity index (χ1v) is 6.31. The van der Waals surface area contributed by atoms with E-state index < -0.39 is 0 Å². The molecule has 100 valence electrons. The Balaban J connectivity index is 2.60. The number of nitrogens with zero attached hydrogens (tertiary/aromatic N) is 2. The molecular weight excluding hydrogens is 264 g/mol. The minimum absolute atomic E-state index is 0.469. The molecule has 0 fully saturated rings. The molecule has 5 heteroatoms. The lowest BCUT2D eigenvalue weighted by molar-refractivity contribution is 0.112. The second-order valence-electron chi connectivity index (χ2n) is 4.17. The molecule has 0 bridgehead atoms. The van der Waals surface area contributed by atoms with Gasteiger partial charge in [0, 0.05) is 37.3 Å². The summed E-state index contributed by atoms with van der Waals surface area (Å²) in [6, 6.07) is 3.76. The molecule has 0 aromatic carbocycles. The van der Waals surface area contributed by atoms with E-state index in [0.29, 0.717) is 23.7 Å². The van der Waals surface area contributed by atoms with Gasteiger partial charge in [-0.2, -0.15) is 0 Å². The molecule has 0 aliphatic rings. The Morgan fingerprint density at radius 2 is 2.32 bits per heavy atom. The monoisotopic (exact) mass is 278 g/mol. The van der Waals surface area contributed by atoms with Crippen LogP contribution in [0.15, 0.2) is 24.5 Å². The van der Waals surface area contributed by atoms with Crippen LogP contribution in [-0.4, -0.2) is 29.6 Å². The highest BCUT2D eigenvalue weighted by molar-refractivity contribution is 6.35. The lowest BCUT2D eigenvalue weighted by atomic mass is 10.2. The largest absolute Gasteiger partial charge is 0.383 e. The van der Waals surface area contributed by atoms with Gasteiger partial charge in [0.2, 0.25) is 0 Å². The first-order chi connectivity index (χ1) is 9.20. The fourth-order valence-electron chi connectivity index (χ4n) is 2.10. The number of methoxy groups -OCH3 is 1. The zero-order valence-corrected chi connectivity index (χ0v) is 11.6. The summed E-state index contributed by atoms with van der Waals surface area (Å²) in [6.45, 7) is 3.07. The quantitative estimate of drug-likeness (QED) is 0.790. The first-order valence-electron chi connectivity index (χ1n) is 5.93. The molecule has 19 heavy (non-hydrogen) atoms. The van der Waals surface area contributed by atoms with Crippen molar-refractivity contribution in [2.45, 2.75) is 13.5 Å². The van der Waals surface area contributed by atoms with Gasteiger partial charge in [0.25, 0.3) is 0 Å². The van der Waals surface area contributed by atoms with Crippen molar-refractivity contribution in [3.63, 3.8) is 0 Å². The molecule has 0 aliphatic carbocycles. The molecule has 0 amide bonds. The van der Waals surface area contributed by atoms with Gasteiger partial charge < -0.3 is 9.30 Å². The number of aromatic nitrogens is 2. The standard InChI is InChI=1S/C14H15ClN2O2/c1-10-12(9-18)13(15)14(17(10)6-7-19-2)11-4-3-5-16-8-11/h3-5,8-9H,6-7H2,1-2H3. The zero-order valence-electron chi connectivity index (χ0n) is 10.9. The summed E-state index contributed by atoms with van der Waals surface area (Å²) in [5.74, 6) is 0. The molecule has 0 unspecified atom stereocenters. The van der Waals surface area contributed by atoms with Crippen molar-refractivity contribution >= 4 is 17.9 Å². The maximum atomic E-state index is 11.2. The number of halogens is 1. The van der Waals surface area contributed by atoms with Gasteiger partial charge in [-0.25, -0.2) is 0 Å². The molecule has 0 N–H and O–H groups in total. The number of rotatable bonds is 5. The van der Waals surface area contributed by atoms with E-state index in [4.69, 9.17) is 16.3 Å². The number of carbonyl (C=O) groups excluding carboxylic acids is 1. The van der Waals surface area contributed by atoms with Gasteiger partial charge in [-0.05, 0) is 19.1 Å². The third kappa shape index (κ3) is 2.55. The van der Waals surface area contributed by atoms with Crippen molar-refractivity contribution in [1.29, 1.82) is 0 Å². The summed E-state index contributed by atoms with van der Waals surface area (Å²) in [7, 11) is 1.64. The summed E-state index contributed by atoms with van der Waals surface area (Å²) in [4.78, 5) is 15.3. The summed E-state index contributed by atoms with van der Waals surface area (Å²) in [6.07, 6.45) is 4.23. The highest BCUT2D eigenvalue weighted by atomic mass is 35.5. The second kappa shape index (κ2) is 5.99. The van der Waals surface area contributed by atoms with Gasteiger partial charge in [-0.3, -0.25) is 9.78 Å². The van der Waals surface area contributed by atoms with Gasteiger partial charge in [0.1, 0.15) is 0 Å². The Morgan fingerprint density at radius 3 is 2.89 bits per heavy atom. The van der Waals surface area contributed by atoms with Crippen LogP contribution in [0.25, 0.3) is 11.3 Å². The van der Waals surface area contributed by atoms with Crippen LogP contribution >= 0.6 is 11.6 Å². The van der Waals surface area contributed by atoms with E-state index in [1.807, 2.05) is 23.6 Å².